The number of alkyl halides is 3. The molecule has 4 rings (SSSR count). The van der Waals surface area contributed by atoms with E-state index in [0.717, 1.165) is 5.56 Å². The van der Waals surface area contributed by atoms with E-state index in [-0.39, 0.29) is 30.6 Å². The summed E-state index contributed by atoms with van der Waals surface area (Å²) in [4.78, 5) is 1.54. The molecule has 0 radical (unpaired) electrons. The fraction of sp³-hybridized carbons (Fsp3) is 0.500. The average Bonchev–Trinajstić information content (AvgIpc) is 3.28. The number of aromatic nitrogens is 2. The summed E-state index contributed by atoms with van der Waals surface area (Å²) < 4.78 is 89.8. The van der Waals surface area contributed by atoms with Gasteiger partial charge in [0.1, 0.15) is 11.9 Å². The molecule has 33 heavy (non-hydrogen) atoms. The molecule has 0 aliphatic carbocycles. The molecule has 0 spiro atoms. The fourth-order valence-electron chi connectivity index (χ4n) is 4.23. The van der Waals surface area contributed by atoms with Crippen LogP contribution in [0.2, 0.25) is 0 Å². The molecule has 0 bridgehead atoms. The number of hydrogen-bond acceptors (Lipinski definition) is 4. The summed E-state index contributed by atoms with van der Waals surface area (Å²) in [5.41, 5.74) is 6.81. The van der Waals surface area contributed by atoms with Gasteiger partial charge in [0.05, 0.1) is 10.7 Å². The van der Waals surface area contributed by atoms with Gasteiger partial charge in [-0.1, -0.05) is 0 Å². The van der Waals surface area contributed by atoms with E-state index in [1.54, 1.807) is 28.4 Å². The highest BCUT2D eigenvalue weighted by Crippen LogP contribution is 2.42. The van der Waals surface area contributed by atoms with Crippen molar-refractivity contribution in [3.8, 4) is 0 Å². The lowest BCUT2D eigenvalue weighted by Crippen LogP contribution is -2.58. The second-order valence-electron chi connectivity index (χ2n) is 8.18. The van der Waals surface area contributed by atoms with Crippen LogP contribution < -0.4 is 5.73 Å². The van der Waals surface area contributed by atoms with Gasteiger partial charge in [-0.15, -0.1) is 0 Å². The van der Waals surface area contributed by atoms with Crippen molar-refractivity contribution < 1.29 is 36.2 Å². The van der Waals surface area contributed by atoms with Gasteiger partial charge in [-0.05, 0) is 36.3 Å². The highest BCUT2D eigenvalue weighted by molar-refractivity contribution is 8.13. The second kappa shape index (κ2) is 8.69. The van der Waals surface area contributed by atoms with Gasteiger partial charge in [-0.2, -0.15) is 18.3 Å². The Morgan fingerprint density at radius 2 is 1.85 bits per heavy atom. The lowest BCUT2D eigenvalue weighted by Gasteiger charge is -2.44. The van der Waals surface area contributed by atoms with Crippen LogP contribution in [0.15, 0.2) is 18.3 Å². The summed E-state index contributed by atoms with van der Waals surface area (Å²) in [6, 6.07) is -1.52. The van der Waals surface area contributed by atoms with Crippen LogP contribution in [0.25, 0.3) is 0 Å². The first-order chi connectivity index (χ1) is 15.4. The Bertz CT molecular complexity index is 1080. The Morgan fingerprint density at radius 3 is 2.45 bits per heavy atom. The van der Waals surface area contributed by atoms with E-state index < -0.39 is 64.2 Å². The molecule has 0 amide bonds. The average molecular weight is 496 g/mol. The van der Waals surface area contributed by atoms with Gasteiger partial charge in [-0.3, -0.25) is 4.90 Å². The number of halogens is 6. The molecular formula is C20H22F6N4O2S. The summed E-state index contributed by atoms with van der Waals surface area (Å²) >= 11 is 0. The Balaban J connectivity index is 1.59. The van der Waals surface area contributed by atoms with Crippen LogP contribution in [-0.4, -0.2) is 54.9 Å². The normalized spacial score (nSPS) is 27.5. The lowest BCUT2D eigenvalue weighted by molar-refractivity contribution is -0.269. The number of nitrogens with zero attached hydrogens (tertiary/aromatic N) is 3. The Morgan fingerprint density at radius 1 is 1.18 bits per heavy atom. The number of aliphatic hydroxyl groups excluding tert-OH is 1. The first-order valence-electron chi connectivity index (χ1n) is 9.99. The van der Waals surface area contributed by atoms with Crippen LogP contribution in [0.5, 0.6) is 0 Å². The van der Waals surface area contributed by atoms with Gasteiger partial charge in [0, 0.05) is 48.6 Å². The van der Waals surface area contributed by atoms with Crippen LogP contribution in [-0.2, 0) is 17.8 Å². The third-order valence-corrected chi connectivity index (χ3v) is 7.58. The predicted octanol–water partition coefficient (Wildman–Crippen LogP) is 3.77. The molecule has 182 valence electrons. The van der Waals surface area contributed by atoms with Crippen molar-refractivity contribution in [2.45, 2.75) is 56.9 Å². The molecule has 0 saturated carbocycles. The summed E-state index contributed by atoms with van der Waals surface area (Å²) in [7, 11) is -0.675. The molecule has 1 aromatic carbocycles. The summed E-state index contributed by atoms with van der Waals surface area (Å²) in [6.07, 6.45) is -5.48. The zero-order valence-corrected chi connectivity index (χ0v) is 18.4. The molecular weight excluding hydrogens is 474 g/mol. The maximum atomic E-state index is 14.2. The van der Waals surface area contributed by atoms with Crippen molar-refractivity contribution in [3.05, 3.63) is 52.6 Å². The zero-order chi connectivity index (χ0) is 24.2. The molecule has 2 aliphatic heterocycles. The van der Waals surface area contributed by atoms with E-state index in [1.807, 2.05) is 0 Å². The smallest absolute Gasteiger partial charge is 0.358 e. The lowest BCUT2D eigenvalue weighted by atomic mass is 9.89. The first kappa shape index (κ1) is 24.2. The van der Waals surface area contributed by atoms with E-state index >= 15 is 0 Å². The Kier molecular flexibility index (Phi) is 6.37. The minimum absolute atomic E-state index is 0.113. The van der Waals surface area contributed by atoms with E-state index in [9.17, 15) is 31.4 Å². The molecule has 6 nitrogen and oxygen atoms in total. The molecule has 3 N–H and O–H groups in total. The van der Waals surface area contributed by atoms with Crippen LogP contribution in [0.1, 0.15) is 36.3 Å². The van der Waals surface area contributed by atoms with Crippen molar-refractivity contribution >= 4 is 15.7 Å². The van der Waals surface area contributed by atoms with Crippen molar-refractivity contribution in [2.75, 3.05) is 6.26 Å². The topological polar surface area (TPSA) is 76.5 Å². The van der Waals surface area contributed by atoms with Crippen molar-refractivity contribution in [2.24, 2.45) is 5.73 Å². The molecule has 3 heterocycles. The number of nitrogens with two attached hydrogens (primary N) is 1. The number of fused-ring (bicyclic) bond motifs is 1. The molecule has 1 unspecified atom stereocenters. The van der Waals surface area contributed by atoms with Crippen molar-refractivity contribution in [1.29, 1.82) is 0 Å². The number of ether oxygens (including phenoxy) is 1. The molecule has 1 saturated heterocycles. The molecule has 5 atom stereocenters. The second-order valence-corrected chi connectivity index (χ2v) is 10.1. The van der Waals surface area contributed by atoms with Gasteiger partial charge >= 0.3 is 6.18 Å². The SMILES string of the molecule is C/C(O)=S(/C)n1cc2c(n1)CN([C@@H]1C[C@H](N)[C@@H](c3cc(F)c(F)cc3F)O[C@@H]1C(F)(F)F)C2. The third kappa shape index (κ3) is 4.56. The number of aliphatic hydroxyl groups is 1. The number of hydrogen-bond donors (Lipinski definition) is 2. The van der Waals surface area contributed by atoms with Gasteiger partial charge < -0.3 is 15.6 Å². The Labute approximate surface area is 188 Å². The Hall–Kier alpha value is -1.93. The largest absolute Gasteiger partial charge is 0.416 e. The molecule has 1 aromatic heterocycles. The standard InChI is InChI=1S/C20H22F6N4O2S/c1-9(31)33(2)30-7-10-6-29(8-16(10)28-30)17-5-15(27)18(32-19(17)20(24,25)26)11-3-13(22)14(23)4-12(11)21/h3-4,7,15,17-19,31H,5-6,8,27H2,1-2H3/t15-,17+,18+,19-,33?/m0/s1. The molecule has 2 aliphatic rings. The maximum Gasteiger partial charge on any atom is 0.416 e. The van der Waals surface area contributed by atoms with E-state index in [2.05, 4.69) is 5.10 Å². The van der Waals surface area contributed by atoms with Gasteiger partial charge in [-0.25, -0.2) is 17.3 Å². The summed E-state index contributed by atoms with van der Waals surface area (Å²) in [5, 5.41) is 14.2. The molecule has 1 fully saturated rings. The highest BCUT2D eigenvalue weighted by Gasteiger charge is 2.54. The van der Waals surface area contributed by atoms with Crippen molar-refractivity contribution in [1.82, 2.24) is 14.1 Å². The molecule has 13 heteroatoms. The van der Waals surface area contributed by atoms with Crippen LogP contribution >= 0.6 is 10.7 Å². The van der Waals surface area contributed by atoms with Crippen LogP contribution in [0.3, 0.4) is 0 Å². The number of benzene rings is 1. The molecule has 2 aromatic rings. The summed E-state index contributed by atoms with van der Waals surface area (Å²) in [5.74, 6) is -4.09. The zero-order valence-electron chi connectivity index (χ0n) is 17.6. The minimum atomic E-state index is -4.81. The van der Waals surface area contributed by atoms with Gasteiger partial charge in [0.15, 0.2) is 17.7 Å². The highest BCUT2D eigenvalue weighted by atomic mass is 32.2. The van der Waals surface area contributed by atoms with Crippen LogP contribution in [0.4, 0.5) is 26.3 Å². The monoisotopic (exact) mass is 496 g/mol. The minimum Gasteiger partial charge on any atom is -0.358 e. The predicted molar refractivity (Wildman–Crippen MR) is 110 cm³/mol. The maximum absolute atomic E-state index is 14.2. The first-order valence-corrected chi connectivity index (χ1v) is 11.6. The number of rotatable bonds is 3. The van der Waals surface area contributed by atoms with E-state index in [0.29, 0.717) is 11.8 Å². The van der Waals surface area contributed by atoms with Crippen molar-refractivity contribution in [3.63, 3.8) is 0 Å². The van der Waals surface area contributed by atoms with Gasteiger partial charge in [0.25, 0.3) is 0 Å². The van der Waals surface area contributed by atoms with Crippen LogP contribution in [0, 0.1) is 17.5 Å². The van der Waals surface area contributed by atoms with Gasteiger partial charge in [0.2, 0.25) is 0 Å². The quantitative estimate of drug-likeness (QED) is 0.385. The third-order valence-electron chi connectivity index (χ3n) is 5.97. The van der Waals surface area contributed by atoms with E-state index in [4.69, 9.17) is 10.5 Å². The summed E-state index contributed by atoms with van der Waals surface area (Å²) in [6.45, 7) is 1.82. The fourth-order valence-corrected chi connectivity index (χ4v) is 5.01. The van der Waals surface area contributed by atoms with E-state index in [1.165, 1.54) is 0 Å².